The van der Waals surface area contributed by atoms with E-state index in [2.05, 4.69) is 0 Å². The molecule has 0 saturated carbocycles. The Morgan fingerprint density at radius 3 is 2.93 bits per heavy atom. The lowest BCUT2D eigenvalue weighted by Gasteiger charge is -2.09. The van der Waals surface area contributed by atoms with Gasteiger partial charge in [-0.2, -0.15) is 0 Å². The zero-order chi connectivity index (χ0) is 10.6. The molecule has 0 fully saturated rings. The number of carbonyl (C=O) groups is 1. The van der Waals surface area contributed by atoms with Crippen molar-refractivity contribution in [1.29, 1.82) is 0 Å². The van der Waals surface area contributed by atoms with Crippen LogP contribution in [0.5, 0.6) is 0 Å². The number of carbonyl (C=O) groups excluding carboxylic acids is 1. The van der Waals surface area contributed by atoms with Gasteiger partial charge in [-0.1, -0.05) is 6.92 Å². The van der Waals surface area contributed by atoms with Gasteiger partial charge in [-0.15, -0.1) is 0 Å². The smallest absolute Gasteiger partial charge is 0.344 e. The first-order valence-corrected chi connectivity index (χ1v) is 4.79. The molecule has 0 N–H and O–H groups in total. The van der Waals surface area contributed by atoms with Crippen LogP contribution in [0.3, 0.4) is 0 Å². The Balaban J connectivity index is 2.70. The van der Waals surface area contributed by atoms with Gasteiger partial charge in [-0.3, -0.25) is 0 Å². The van der Waals surface area contributed by atoms with E-state index < -0.39 is 0 Å². The van der Waals surface area contributed by atoms with Crippen molar-refractivity contribution in [3.05, 3.63) is 30.1 Å². The molecule has 76 valence electrons. The third-order valence-electron chi connectivity index (χ3n) is 2.06. The molecule has 1 atom stereocenters. The highest BCUT2D eigenvalue weighted by Crippen LogP contribution is 2.03. The van der Waals surface area contributed by atoms with E-state index >= 15 is 0 Å². The summed E-state index contributed by atoms with van der Waals surface area (Å²) < 4.78 is 7.01. The maximum Gasteiger partial charge on any atom is 0.344 e. The highest BCUT2D eigenvalue weighted by molar-refractivity contribution is 5.88. The van der Waals surface area contributed by atoms with E-state index in [1.54, 1.807) is 12.3 Å². The minimum Gasteiger partial charge on any atom is -0.459 e. The van der Waals surface area contributed by atoms with Crippen LogP contribution in [0, 0.1) is 0 Å². The molecule has 1 unspecified atom stereocenters. The molecule has 0 amide bonds. The normalized spacial score (nSPS) is 12.2. The molecule has 0 radical (unpaired) electrons. The summed E-state index contributed by atoms with van der Waals surface area (Å²) in [5.74, 6) is -0.254. The molecule has 1 aromatic rings. The first kappa shape index (κ1) is 10.7. The van der Waals surface area contributed by atoms with Crippen LogP contribution in [0.2, 0.25) is 0 Å². The molecule has 14 heavy (non-hydrogen) atoms. The van der Waals surface area contributed by atoms with Crippen LogP contribution in [0.15, 0.2) is 24.5 Å². The maximum absolute atomic E-state index is 11.5. The molecule has 3 nitrogen and oxygen atoms in total. The number of hydrogen-bond acceptors (Lipinski definition) is 2. The van der Waals surface area contributed by atoms with Crippen LogP contribution < -0.4 is 4.57 Å². The summed E-state index contributed by atoms with van der Waals surface area (Å²) in [6, 6.07) is 3.58. The molecule has 0 aromatic carbocycles. The van der Waals surface area contributed by atoms with Crippen molar-refractivity contribution in [2.45, 2.75) is 26.4 Å². The van der Waals surface area contributed by atoms with Crippen LogP contribution in [0.4, 0.5) is 0 Å². The summed E-state index contributed by atoms with van der Waals surface area (Å²) in [5, 5.41) is 0. The summed E-state index contributed by atoms with van der Waals surface area (Å²) in [6.45, 7) is 3.88. The topological polar surface area (TPSA) is 30.2 Å². The van der Waals surface area contributed by atoms with Gasteiger partial charge in [-0.05, 0) is 19.4 Å². The third kappa shape index (κ3) is 2.83. The lowest BCUT2D eigenvalue weighted by atomic mass is 10.2. The molecule has 0 aliphatic heterocycles. The number of esters is 1. The monoisotopic (exact) mass is 194 g/mol. The van der Waals surface area contributed by atoms with Gasteiger partial charge in [0.05, 0.1) is 6.10 Å². The van der Waals surface area contributed by atoms with Gasteiger partial charge < -0.3 is 4.74 Å². The average Bonchev–Trinajstić information content (AvgIpc) is 2.17. The Hall–Kier alpha value is -1.38. The second kappa shape index (κ2) is 4.74. The minimum atomic E-state index is -0.254. The Morgan fingerprint density at radius 1 is 1.64 bits per heavy atom. The van der Waals surface area contributed by atoms with Crippen LogP contribution >= 0.6 is 0 Å². The Labute approximate surface area is 84.3 Å². The van der Waals surface area contributed by atoms with Gasteiger partial charge in [0.2, 0.25) is 0 Å². The fourth-order valence-corrected chi connectivity index (χ4v) is 1.04. The number of nitrogens with zero attached hydrogens (tertiary/aromatic N) is 1. The van der Waals surface area contributed by atoms with E-state index in [0.717, 1.165) is 6.42 Å². The number of pyridine rings is 1. The molecule has 1 rings (SSSR count). The molecule has 1 aromatic heterocycles. The van der Waals surface area contributed by atoms with Gasteiger partial charge >= 0.3 is 5.97 Å². The molecule has 0 bridgehead atoms. The largest absolute Gasteiger partial charge is 0.459 e. The van der Waals surface area contributed by atoms with Crippen molar-refractivity contribution in [3.8, 4) is 0 Å². The summed E-state index contributed by atoms with van der Waals surface area (Å²) in [4.78, 5) is 11.5. The maximum atomic E-state index is 11.5. The van der Waals surface area contributed by atoms with E-state index in [9.17, 15) is 4.79 Å². The van der Waals surface area contributed by atoms with Gasteiger partial charge in [0.1, 0.15) is 12.6 Å². The van der Waals surface area contributed by atoms with Crippen molar-refractivity contribution in [2.75, 3.05) is 0 Å². The van der Waals surface area contributed by atoms with Crippen LogP contribution in [-0.4, -0.2) is 12.1 Å². The molecular weight excluding hydrogens is 178 g/mol. The summed E-state index contributed by atoms with van der Waals surface area (Å²) in [7, 11) is 1.88. The highest BCUT2D eigenvalue weighted by atomic mass is 16.5. The molecular formula is C11H16NO2+. The Bertz CT molecular complexity index is 323. The van der Waals surface area contributed by atoms with Crippen molar-refractivity contribution in [3.63, 3.8) is 0 Å². The molecule has 0 saturated heterocycles. The fourth-order valence-electron chi connectivity index (χ4n) is 1.04. The quantitative estimate of drug-likeness (QED) is 0.538. The lowest BCUT2D eigenvalue weighted by molar-refractivity contribution is -0.671. The summed E-state index contributed by atoms with van der Waals surface area (Å²) in [6.07, 6.45) is 4.45. The second-order valence-corrected chi connectivity index (χ2v) is 3.38. The van der Waals surface area contributed by atoms with Crippen molar-refractivity contribution < 1.29 is 14.1 Å². The molecule has 1 heterocycles. The molecule has 0 aliphatic rings. The van der Waals surface area contributed by atoms with E-state index in [0.29, 0.717) is 5.56 Å². The number of aryl methyl sites for hydroxylation is 1. The van der Waals surface area contributed by atoms with Crippen LogP contribution in [-0.2, 0) is 11.8 Å². The van der Waals surface area contributed by atoms with Crippen molar-refractivity contribution >= 4 is 5.97 Å². The molecule has 0 aliphatic carbocycles. The predicted octanol–water partition coefficient (Wildman–Crippen LogP) is 1.47. The van der Waals surface area contributed by atoms with Crippen molar-refractivity contribution in [2.24, 2.45) is 7.05 Å². The van der Waals surface area contributed by atoms with Gasteiger partial charge in [0.15, 0.2) is 12.4 Å². The SMILES string of the molecule is CCC(C)OC(=O)c1ccc[n+](C)c1. The van der Waals surface area contributed by atoms with Gasteiger partial charge in [0, 0.05) is 6.07 Å². The summed E-state index contributed by atoms with van der Waals surface area (Å²) >= 11 is 0. The standard InChI is InChI=1S/C11H16NO2/c1-4-9(2)14-11(13)10-6-5-7-12(3)8-10/h5-9H,4H2,1-3H3/q+1. The molecule has 0 spiro atoms. The van der Waals surface area contributed by atoms with E-state index in [1.807, 2.05) is 37.7 Å². The Kier molecular flexibility index (Phi) is 3.63. The van der Waals surface area contributed by atoms with Crippen molar-refractivity contribution in [1.82, 2.24) is 0 Å². The molecule has 3 heteroatoms. The van der Waals surface area contributed by atoms with E-state index in [1.165, 1.54) is 0 Å². The summed E-state index contributed by atoms with van der Waals surface area (Å²) in [5.41, 5.74) is 0.593. The van der Waals surface area contributed by atoms with Crippen LogP contribution in [0.1, 0.15) is 30.6 Å². The highest BCUT2D eigenvalue weighted by Gasteiger charge is 2.12. The zero-order valence-corrected chi connectivity index (χ0v) is 8.86. The van der Waals surface area contributed by atoms with Gasteiger partial charge in [-0.25, -0.2) is 9.36 Å². The zero-order valence-electron chi connectivity index (χ0n) is 8.86. The van der Waals surface area contributed by atoms with Gasteiger partial charge in [0.25, 0.3) is 0 Å². The number of ether oxygens (including phenoxy) is 1. The fraction of sp³-hybridized carbons (Fsp3) is 0.455. The average molecular weight is 194 g/mol. The Morgan fingerprint density at radius 2 is 2.36 bits per heavy atom. The predicted molar refractivity (Wildman–Crippen MR) is 52.8 cm³/mol. The first-order chi connectivity index (χ1) is 6.63. The number of aromatic nitrogens is 1. The lowest BCUT2D eigenvalue weighted by Crippen LogP contribution is -2.28. The minimum absolute atomic E-state index is 0.0204. The second-order valence-electron chi connectivity index (χ2n) is 3.38. The van der Waals surface area contributed by atoms with E-state index in [-0.39, 0.29) is 12.1 Å². The van der Waals surface area contributed by atoms with E-state index in [4.69, 9.17) is 4.74 Å². The third-order valence-corrected chi connectivity index (χ3v) is 2.06. The number of hydrogen-bond donors (Lipinski definition) is 0. The number of rotatable bonds is 3. The van der Waals surface area contributed by atoms with Crippen LogP contribution in [0.25, 0.3) is 0 Å². The first-order valence-electron chi connectivity index (χ1n) is 4.79.